The van der Waals surface area contributed by atoms with E-state index in [4.69, 9.17) is 9.47 Å². The van der Waals surface area contributed by atoms with Crippen LogP contribution in [0.25, 0.3) is 0 Å². The summed E-state index contributed by atoms with van der Waals surface area (Å²) in [5, 5.41) is 0. The molecule has 8 heteroatoms. The Morgan fingerprint density at radius 2 is 2.32 bits per heavy atom. The summed E-state index contributed by atoms with van der Waals surface area (Å²) in [7, 11) is 0. The third-order valence-electron chi connectivity index (χ3n) is 4.87. The van der Waals surface area contributed by atoms with Crippen molar-refractivity contribution in [2.24, 2.45) is 11.3 Å². The van der Waals surface area contributed by atoms with Gasteiger partial charge in [-0.1, -0.05) is 0 Å². The zero-order valence-corrected chi connectivity index (χ0v) is 14.0. The highest BCUT2D eigenvalue weighted by Crippen LogP contribution is 2.41. The molecule has 2 saturated heterocycles. The molecule has 2 aromatic heterocycles. The van der Waals surface area contributed by atoms with E-state index in [-0.39, 0.29) is 17.2 Å². The van der Waals surface area contributed by atoms with E-state index in [0.717, 1.165) is 5.69 Å². The molecule has 130 valence electrons. The quantitative estimate of drug-likeness (QED) is 0.810. The average molecular weight is 341 g/mol. The van der Waals surface area contributed by atoms with Crippen molar-refractivity contribution < 1.29 is 14.3 Å². The van der Waals surface area contributed by atoms with Crippen molar-refractivity contribution in [1.82, 2.24) is 24.8 Å². The van der Waals surface area contributed by atoms with Crippen molar-refractivity contribution in [3.8, 4) is 6.01 Å². The van der Waals surface area contributed by atoms with E-state index in [9.17, 15) is 4.79 Å². The molecule has 0 aromatic carbocycles. The maximum absolute atomic E-state index is 12.7. The number of rotatable bonds is 4. The third-order valence-corrected chi connectivity index (χ3v) is 4.87. The van der Waals surface area contributed by atoms with E-state index >= 15 is 0 Å². The van der Waals surface area contributed by atoms with Crippen molar-refractivity contribution in [2.75, 3.05) is 32.9 Å². The standard InChI is InChI=1S/C17H19N5O3/c1-12-2-5-19-16(21-12)25-10-17-8-22(6-13(17)7-24-9-17)15(23)14-3-4-18-11-20-14/h2-5,11,13H,6-10H2,1H3/t13-,17+/m0/s1. The van der Waals surface area contributed by atoms with Gasteiger partial charge in [0.25, 0.3) is 5.91 Å². The number of nitrogens with zero attached hydrogens (tertiary/aromatic N) is 5. The molecule has 1 amide bonds. The molecule has 0 unspecified atom stereocenters. The Kier molecular flexibility index (Phi) is 4.04. The molecule has 0 radical (unpaired) electrons. The van der Waals surface area contributed by atoms with Gasteiger partial charge in [0, 0.05) is 37.1 Å². The van der Waals surface area contributed by atoms with Crippen LogP contribution in [-0.2, 0) is 4.74 Å². The lowest BCUT2D eigenvalue weighted by molar-refractivity contribution is 0.0645. The van der Waals surface area contributed by atoms with Crippen LogP contribution in [0.4, 0.5) is 0 Å². The number of carbonyl (C=O) groups excluding carboxylic acids is 1. The van der Waals surface area contributed by atoms with Crippen LogP contribution in [0, 0.1) is 18.3 Å². The largest absolute Gasteiger partial charge is 0.463 e. The fourth-order valence-corrected chi connectivity index (χ4v) is 3.47. The predicted molar refractivity (Wildman–Crippen MR) is 86.9 cm³/mol. The van der Waals surface area contributed by atoms with E-state index in [1.807, 2.05) is 17.9 Å². The number of carbonyl (C=O) groups is 1. The molecule has 4 heterocycles. The van der Waals surface area contributed by atoms with Crippen LogP contribution < -0.4 is 4.74 Å². The van der Waals surface area contributed by atoms with Crippen LogP contribution in [0.2, 0.25) is 0 Å². The molecule has 2 aromatic rings. The van der Waals surface area contributed by atoms with Gasteiger partial charge in [-0.2, -0.15) is 0 Å². The van der Waals surface area contributed by atoms with Gasteiger partial charge in [-0.25, -0.2) is 19.9 Å². The Hall–Kier alpha value is -2.61. The van der Waals surface area contributed by atoms with Crippen molar-refractivity contribution in [3.63, 3.8) is 0 Å². The van der Waals surface area contributed by atoms with E-state index < -0.39 is 0 Å². The summed E-state index contributed by atoms with van der Waals surface area (Å²) in [6.45, 7) is 4.73. The van der Waals surface area contributed by atoms with E-state index in [0.29, 0.717) is 44.6 Å². The first-order valence-corrected chi connectivity index (χ1v) is 8.22. The monoisotopic (exact) mass is 341 g/mol. The first kappa shape index (κ1) is 15.9. The second-order valence-corrected chi connectivity index (χ2v) is 6.62. The van der Waals surface area contributed by atoms with Crippen LogP contribution in [-0.4, -0.2) is 63.7 Å². The Morgan fingerprint density at radius 3 is 3.12 bits per heavy atom. The highest BCUT2D eigenvalue weighted by Gasteiger charge is 2.52. The fourth-order valence-electron chi connectivity index (χ4n) is 3.47. The van der Waals surface area contributed by atoms with Crippen LogP contribution in [0.1, 0.15) is 16.2 Å². The van der Waals surface area contributed by atoms with Gasteiger partial charge < -0.3 is 14.4 Å². The minimum atomic E-state index is -0.226. The van der Waals surface area contributed by atoms with Crippen LogP contribution in [0.15, 0.2) is 30.9 Å². The molecule has 25 heavy (non-hydrogen) atoms. The Labute approximate surface area is 145 Å². The summed E-state index contributed by atoms with van der Waals surface area (Å²) in [5.41, 5.74) is 1.04. The zero-order chi connectivity index (χ0) is 17.3. The van der Waals surface area contributed by atoms with Gasteiger partial charge in [0.05, 0.1) is 18.6 Å². The van der Waals surface area contributed by atoms with E-state index in [1.54, 1.807) is 18.5 Å². The molecule has 0 N–H and O–H groups in total. The normalized spacial score (nSPS) is 25.0. The van der Waals surface area contributed by atoms with Crippen LogP contribution in [0.3, 0.4) is 0 Å². The number of fused-ring (bicyclic) bond motifs is 1. The summed E-state index contributed by atoms with van der Waals surface area (Å²) in [6.07, 6.45) is 4.65. The highest BCUT2D eigenvalue weighted by molar-refractivity contribution is 5.92. The fraction of sp³-hybridized carbons (Fsp3) is 0.471. The lowest BCUT2D eigenvalue weighted by Gasteiger charge is -2.26. The molecule has 4 rings (SSSR count). The molecule has 0 aliphatic carbocycles. The van der Waals surface area contributed by atoms with Gasteiger partial charge >= 0.3 is 6.01 Å². The Balaban J connectivity index is 1.48. The zero-order valence-electron chi connectivity index (χ0n) is 14.0. The molecule has 2 aliphatic heterocycles. The van der Waals surface area contributed by atoms with E-state index in [1.165, 1.54) is 6.33 Å². The number of aromatic nitrogens is 4. The van der Waals surface area contributed by atoms with Gasteiger partial charge in [0.2, 0.25) is 0 Å². The molecule has 0 bridgehead atoms. The van der Waals surface area contributed by atoms with Crippen LogP contribution in [0.5, 0.6) is 6.01 Å². The third kappa shape index (κ3) is 3.05. The van der Waals surface area contributed by atoms with Gasteiger partial charge in [-0.15, -0.1) is 0 Å². The molecular weight excluding hydrogens is 322 g/mol. The summed E-state index contributed by atoms with van der Waals surface area (Å²) < 4.78 is 11.5. The Bertz CT molecular complexity index is 772. The van der Waals surface area contributed by atoms with Crippen molar-refractivity contribution in [1.29, 1.82) is 0 Å². The number of hydrogen-bond acceptors (Lipinski definition) is 7. The summed E-state index contributed by atoms with van der Waals surface area (Å²) in [6, 6.07) is 3.82. The van der Waals surface area contributed by atoms with Gasteiger partial charge in [0.15, 0.2) is 0 Å². The first-order chi connectivity index (χ1) is 12.2. The maximum atomic E-state index is 12.7. The minimum absolute atomic E-state index is 0.0806. The summed E-state index contributed by atoms with van der Waals surface area (Å²) in [5.74, 6) is 0.158. The summed E-state index contributed by atoms with van der Waals surface area (Å²) >= 11 is 0. The molecule has 8 nitrogen and oxygen atoms in total. The maximum Gasteiger partial charge on any atom is 0.316 e. The van der Waals surface area contributed by atoms with Gasteiger partial charge in [-0.05, 0) is 19.1 Å². The number of aryl methyl sites for hydroxylation is 1. The first-order valence-electron chi connectivity index (χ1n) is 8.22. The second kappa shape index (κ2) is 6.36. The van der Waals surface area contributed by atoms with Gasteiger partial charge in [-0.3, -0.25) is 4.79 Å². The minimum Gasteiger partial charge on any atom is -0.463 e. The number of likely N-dealkylation sites (tertiary alicyclic amines) is 1. The number of amides is 1. The van der Waals surface area contributed by atoms with Crippen molar-refractivity contribution >= 4 is 5.91 Å². The molecular formula is C17H19N5O3. The van der Waals surface area contributed by atoms with Crippen LogP contribution >= 0.6 is 0 Å². The molecule has 2 aliphatic rings. The highest BCUT2D eigenvalue weighted by atomic mass is 16.5. The van der Waals surface area contributed by atoms with Gasteiger partial charge in [0.1, 0.15) is 18.6 Å². The predicted octanol–water partition coefficient (Wildman–Crippen LogP) is 0.743. The summed E-state index contributed by atoms with van der Waals surface area (Å²) in [4.78, 5) is 30.8. The van der Waals surface area contributed by atoms with E-state index in [2.05, 4.69) is 19.9 Å². The van der Waals surface area contributed by atoms with Crippen molar-refractivity contribution in [3.05, 3.63) is 42.2 Å². The average Bonchev–Trinajstić information content (AvgIpc) is 3.17. The topological polar surface area (TPSA) is 90.3 Å². The molecule has 0 spiro atoms. The lowest BCUT2D eigenvalue weighted by Crippen LogP contribution is -2.38. The van der Waals surface area contributed by atoms with Crippen molar-refractivity contribution in [2.45, 2.75) is 6.92 Å². The molecule has 2 fully saturated rings. The Morgan fingerprint density at radius 1 is 1.40 bits per heavy atom. The molecule has 2 atom stereocenters. The lowest BCUT2D eigenvalue weighted by atomic mass is 9.82. The number of ether oxygens (including phenoxy) is 2. The number of hydrogen-bond donors (Lipinski definition) is 0. The smallest absolute Gasteiger partial charge is 0.316 e. The second-order valence-electron chi connectivity index (χ2n) is 6.62. The molecule has 0 saturated carbocycles. The SMILES string of the molecule is Cc1ccnc(OC[C@@]23COC[C@@H]2CN(C(=O)c2ccncn2)C3)n1.